The summed E-state index contributed by atoms with van der Waals surface area (Å²) < 4.78 is 29.0. The standard InChI is InChI=1S/C18H20F2N8O/c1-26-9-13(15(25-26)16(19)20)23-18(29)12-6-22-28-3-2-14(24-17(12)28)27-7-10-4-11(8-27)21-5-10/h2-3,6,9-11,16,21H,4-5,7-8H2,1H3,(H,23,29). The molecule has 2 atom stereocenters. The van der Waals surface area contributed by atoms with Crippen molar-refractivity contribution >= 4 is 23.1 Å². The average molecular weight is 402 g/mol. The fraction of sp³-hybridized carbons (Fsp3) is 0.444. The minimum Gasteiger partial charge on any atom is -0.355 e. The van der Waals surface area contributed by atoms with Crippen LogP contribution in [0.4, 0.5) is 20.3 Å². The van der Waals surface area contributed by atoms with E-state index in [0.717, 1.165) is 25.5 Å². The van der Waals surface area contributed by atoms with Crippen LogP contribution in [0.15, 0.2) is 24.7 Å². The molecule has 2 saturated heterocycles. The molecule has 0 spiro atoms. The molecule has 2 aliphatic heterocycles. The minimum absolute atomic E-state index is 0.0262. The Morgan fingerprint density at radius 3 is 3.03 bits per heavy atom. The predicted molar refractivity (Wildman–Crippen MR) is 101 cm³/mol. The molecule has 0 aromatic carbocycles. The minimum atomic E-state index is -2.79. The highest BCUT2D eigenvalue weighted by Crippen LogP contribution is 2.28. The van der Waals surface area contributed by atoms with Crippen LogP contribution in [0.3, 0.4) is 0 Å². The number of nitrogens with one attached hydrogen (secondary N) is 2. The Hall–Kier alpha value is -3.08. The Bertz CT molecular complexity index is 1070. The van der Waals surface area contributed by atoms with Crippen LogP contribution in [0.1, 0.15) is 28.9 Å². The number of halogens is 2. The monoisotopic (exact) mass is 402 g/mol. The lowest BCUT2D eigenvalue weighted by atomic mass is 10.0. The van der Waals surface area contributed by atoms with Crippen molar-refractivity contribution in [1.29, 1.82) is 0 Å². The van der Waals surface area contributed by atoms with Gasteiger partial charge in [-0.2, -0.15) is 10.2 Å². The highest BCUT2D eigenvalue weighted by molar-refractivity contribution is 6.08. The number of piperidine rings is 1. The molecular formula is C18H20F2N8O. The fourth-order valence-corrected chi connectivity index (χ4v) is 4.17. The number of amides is 1. The van der Waals surface area contributed by atoms with Crippen molar-refractivity contribution in [3.63, 3.8) is 0 Å². The summed E-state index contributed by atoms with van der Waals surface area (Å²) in [4.78, 5) is 19.6. The topological polar surface area (TPSA) is 92.4 Å². The van der Waals surface area contributed by atoms with Gasteiger partial charge in [0.05, 0.1) is 11.9 Å². The van der Waals surface area contributed by atoms with E-state index in [2.05, 4.69) is 30.7 Å². The second-order valence-electron chi connectivity index (χ2n) is 7.58. The maximum atomic E-state index is 13.1. The number of alkyl halides is 2. The lowest BCUT2D eigenvalue weighted by Gasteiger charge is -2.32. The zero-order valence-corrected chi connectivity index (χ0v) is 15.7. The van der Waals surface area contributed by atoms with Crippen LogP contribution in [0.2, 0.25) is 0 Å². The van der Waals surface area contributed by atoms with Crippen LogP contribution in [0.5, 0.6) is 0 Å². The van der Waals surface area contributed by atoms with E-state index in [1.807, 2.05) is 6.07 Å². The number of hydrogen-bond donors (Lipinski definition) is 2. The van der Waals surface area contributed by atoms with Gasteiger partial charge in [0.1, 0.15) is 11.4 Å². The third-order valence-electron chi connectivity index (χ3n) is 5.47. The summed E-state index contributed by atoms with van der Waals surface area (Å²) in [5.74, 6) is 0.817. The number of rotatable bonds is 4. The number of hydrogen-bond acceptors (Lipinski definition) is 6. The zero-order valence-electron chi connectivity index (χ0n) is 15.7. The molecular weight excluding hydrogens is 382 g/mol. The van der Waals surface area contributed by atoms with Crippen LogP contribution < -0.4 is 15.5 Å². The predicted octanol–water partition coefficient (Wildman–Crippen LogP) is 1.45. The number of anilines is 2. The van der Waals surface area contributed by atoms with Crippen molar-refractivity contribution in [2.45, 2.75) is 18.9 Å². The first-order valence-corrected chi connectivity index (χ1v) is 9.43. The van der Waals surface area contributed by atoms with Gasteiger partial charge in [0.2, 0.25) is 0 Å². The van der Waals surface area contributed by atoms with Gasteiger partial charge in [0, 0.05) is 45.1 Å². The normalized spacial score (nSPS) is 21.3. The fourth-order valence-electron chi connectivity index (χ4n) is 4.17. The molecule has 9 nitrogen and oxygen atoms in total. The zero-order chi connectivity index (χ0) is 20.1. The summed E-state index contributed by atoms with van der Waals surface area (Å²) in [5.41, 5.74) is 0.103. The number of carbonyl (C=O) groups excluding carboxylic acids is 1. The van der Waals surface area contributed by atoms with Gasteiger partial charge < -0.3 is 15.5 Å². The molecule has 2 bridgehead atoms. The lowest BCUT2D eigenvalue weighted by Crippen LogP contribution is -2.41. The van der Waals surface area contributed by atoms with Crippen LogP contribution in [0.25, 0.3) is 5.65 Å². The van der Waals surface area contributed by atoms with Gasteiger partial charge in [-0.3, -0.25) is 9.48 Å². The molecule has 5 heterocycles. The van der Waals surface area contributed by atoms with Gasteiger partial charge in [-0.15, -0.1) is 0 Å². The number of nitrogens with zero attached hydrogens (tertiary/aromatic N) is 6. The Morgan fingerprint density at radius 2 is 2.24 bits per heavy atom. The molecule has 2 unspecified atom stereocenters. The van der Waals surface area contributed by atoms with Crippen molar-refractivity contribution in [2.24, 2.45) is 13.0 Å². The van der Waals surface area contributed by atoms with Crippen molar-refractivity contribution in [3.05, 3.63) is 35.9 Å². The molecule has 2 fully saturated rings. The van der Waals surface area contributed by atoms with E-state index >= 15 is 0 Å². The first-order valence-electron chi connectivity index (χ1n) is 9.43. The Kier molecular flexibility index (Phi) is 4.19. The third-order valence-corrected chi connectivity index (χ3v) is 5.47. The van der Waals surface area contributed by atoms with Crippen LogP contribution in [-0.2, 0) is 7.05 Å². The lowest BCUT2D eigenvalue weighted by molar-refractivity contribution is 0.102. The Morgan fingerprint density at radius 1 is 1.38 bits per heavy atom. The molecule has 152 valence electrons. The van der Waals surface area contributed by atoms with E-state index in [1.165, 1.54) is 35.1 Å². The number of fused-ring (bicyclic) bond motifs is 3. The summed E-state index contributed by atoms with van der Waals surface area (Å²) in [6.45, 7) is 2.79. The highest BCUT2D eigenvalue weighted by Gasteiger charge is 2.33. The van der Waals surface area contributed by atoms with Gasteiger partial charge in [-0.05, 0) is 18.4 Å². The van der Waals surface area contributed by atoms with E-state index < -0.39 is 18.0 Å². The van der Waals surface area contributed by atoms with Crippen LogP contribution in [0, 0.1) is 5.92 Å². The Balaban J connectivity index is 1.44. The third kappa shape index (κ3) is 3.20. The molecule has 0 radical (unpaired) electrons. The second-order valence-corrected chi connectivity index (χ2v) is 7.58. The smallest absolute Gasteiger partial charge is 0.284 e. The van der Waals surface area contributed by atoms with Gasteiger partial charge >= 0.3 is 0 Å². The summed E-state index contributed by atoms with van der Waals surface area (Å²) in [5, 5.41) is 13.9. The number of aromatic nitrogens is 5. The van der Waals surface area contributed by atoms with Crippen molar-refractivity contribution < 1.29 is 13.6 Å². The van der Waals surface area contributed by atoms with E-state index in [-0.39, 0.29) is 11.3 Å². The molecule has 0 aliphatic carbocycles. The molecule has 1 amide bonds. The maximum Gasteiger partial charge on any atom is 0.284 e. The SMILES string of the molecule is Cn1cc(NC(=O)c2cnn3ccc(N4CC5CNC(C5)C4)nc23)c(C(F)F)n1. The molecule has 11 heteroatoms. The van der Waals surface area contributed by atoms with Gasteiger partial charge in [-0.1, -0.05) is 0 Å². The molecule has 0 saturated carbocycles. The second kappa shape index (κ2) is 6.76. The van der Waals surface area contributed by atoms with Crippen LogP contribution >= 0.6 is 0 Å². The number of carbonyl (C=O) groups is 1. The first-order chi connectivity index (χ1) is 14.0. The highest BCUT2D eigenvalue weighted by atomic mass is 19.3. The van der Waals surface area contributed by atoms with Crippen molar-refractivity contribution in [3.8, 4) is 0 Å². The van der Waals surface area contributed by atoms with Gasteiger partial charge in [0.15, 0.2) is 11.3 Å². The first kappa shape index (κ1) is 18.0. The van der Waals surface area contributed by atoms with Crippen molar-refractivity contribution in [2.75, 3.05) is 29.9 Å². The average Bonchev–Trinajstić information content (AvgIpc) is 3.37. The Labute approximate surface area is 164 Å². The van der Waals surface area contributed by atoms with E-state index in [1.54, 1.807) is 6.20 Å². The van der Waals surface area contributed by atoms with E-state index in [9.17, 15) is 13.6 Å². The molecule has 3 aromatic rings. The largest absolute Gasteiger partial charge is 0.355 e. The van der Waals surface area contributed by atoms with E-state index in [4.69, 9.17) is 0 Å². The molecule has 29 heavy (non-hydrogen) atoms. The number of aryl methyl sites for hydroxylation is 1. The van der Waals surface area contributed by atoms with Crippen LogP contribution in [-0.4, -0.2) is 56.0 Å². The summed E-state index contributed by atoms with van der Waals surface area (Å²) in [7, 11) is 1.52. The van der Waals surface area contributed by atoms with Crippen molar-refractivity contribution in [1.82, 2.24) is 29.7 Å². The summed E-state index contributed by atoms with van der Waals surface area (Å²) in [6, 6.07) is 2.33. The molecule has 5 rings (SSSR count). The van der Waals surface area contributed by atoms with E-state index in [0.29, 0.717) is 17.6 Å². The molecule has 2 aliphatic rings. The van der Waals surface area contributed by atoms with Gasteiger partial charge in [0.25, 0.3) is 12.3 Å². The summed E-state index contributed by atoms with van der Waals surface area (Å²) in [6.07, 6.45) is 2.88. The summed E-state index contributed by atoms with van der Waals surface area (Å²) >= 11 is 0. The molecule has 3 aromatic heterocycles. The quantitative estimate of drug-likeness (QED) is 0.686. The van der Waals surface area contributed by atoms with Gasteiger partial charge in [-0.25, -0.2) is 18.3 Å². The maximum absolute atomic E-state index is 13.1. The molecule has 2 N–H and O–H groups in total.